The number of nitrogens with one attached hydrogen (secondary N) is 1. The molecule has 1 aliphatic carbocycles. The Balaban J connectivity index is 1.38. The number of hydrogen-bond acceptors (Lipinski definition) is 3. The number of carbonyl (C=O) groups excluding carboxylic acids is 1. The highest BCUT2D eigenvalue weighted by Crippen LogP contribution is 2.30. The molecule has 3 rings (SSSR count). The molecule has 1 amide bonds. The van der Waals surface area contributed by atoms with Gasteiger partial charge in [0, 0.05) is 16.6 Å². The lowest BCUT2D eigenvalue weighted by Crippen LogP contribution is -2.28. The second-order valence-corrected chi connectivity index (χ2v) is 8.09. The number of para-hydroxylation sites is 1. The van der Waals surface area contributed by atoms with Gasteiger partial charge in [0.15, 0.2) is 11.6 Å². The molecule has 1 saturated carbocycles. The van der Waals surface area contributed by atoms with Crippen molar-refractivity contribution in [2.45, 2.75) is 43.1 Å². The lowest BCUT2D eigenvalue weighted by Gasteiger charge is -2.20. The molecular weight excluding hydrogens is 361 g/mol. The van der Waals surface area contributed by atoms with Crippen LogP contribution in [0.2, 0.25) is 0 Å². The summed E-state index contributed by atoms with van der Waals surface area (Å²) in [7, 11) is 0. The van der Waals surface area contributed by atoms with Gasteiger partial charge in [0.25, 0.3) is 5.91 Å². The number of rotatable bonds is 8. The van der Waals surface area contributed by atoms with E-state index in [9.17, 15) is 9.18 Å². The van der Waals surface area contributed by atoms with Crippen molar-refractivity contribution in [1.82, 2.24) is 5.32 Å². The van der Waals surface area contributed by atoms with Crippen LogP contribution < -0.4 is 10.1 Å². The van der Waals surface area contributed by atoms with Gasteiger partial charge < -0.3 is 10.1 Å². The highest BCUT2D eigenvalue weighted by molar-refractivity contribution is 7.99. The Morgan fingerprint density at radius 3 is 2.56 bits per heavy atom. The van der Waals surface area contributed by atoms with Gasteiger partial charge in [0.05, 0.1) is 6.54 Å². The van der Waals surface area contributed by atoms with Crippen LogP contribution in [0.4, 0.5) is 4.39 Å². The molecule has 0 spiro atoms. The van der Waals surface area contributed by atoms with Crippen molar-refractivity contribution < 1.29 is 13.9 Å². The number of amides is 1. The summed E-state index contributed by atoms with van der Waals surface area (Å²) < 4.78 is 18.8. The van der Waals surface area contributed by atoms with E-state index in [-0.39, 0.29) is 18.3 Å². The third kappa shape index (κ3) is 6.28. The van der Waals surface area contributed by atoms with Gasteiger partial charge in [-0.15, -0.1) is 0 Å². The molecule has 0 aromatic heterocycles. The van der Waals surface area contributed by atoms with E-state index in [1.165, 1.54) is 43.7 Å². The highest BCUT2D eigenvalue weighted by Gasteiger charge is 2.13. The zero-order valence-electron chi connectivity index (χ0n) is 15.5. The van der Waals surface area contributed by atoms with Gasteiger partial charge in [0.2, 0.25) is 0 Å². The van der Waals surface area contributed by atoms with E-state index in [1.54, 1.807) is 18.2 Å². The third-order valence-corrected chi connectivity index (χ3v) is 6.18. The largest absolute Gasteiger partial charge is 0.489 e. The molecule has 1 fully saturated rings. The van der Waals surface area contributed by atoms with E-state index in [4.69, 9.17) is 4.74 Å². The smallest absolute Gasteiger partial charge is 0.251 e. The summed E-state index contributed by atoms with van der Waals surface area (Å²) in [6, 6.07) is 14.0. The van der Waals surface area contributed by atoms with Gasteiger partial charge >= 0.3 is 0 Å². The Labute approximate surface area is 164 Å². The number of carbonyl (C=O) groups is 1. The maximum absolute atomic E-state index is 13.4. The lowest BCUT2D eigenvalue weighted by molar-refractivity contribution is 0.0946. The number of halogens is 1. The molecule has 2 aromatic rings. The molecule has 0 bridgehead atoms. The molecule has 0 radical (unpaired) electrons. The van der Waals surface area contributed by atoms with Gasteiger partial charge in [-0.2, -0.15) is 11.8 Å². The Hall–Kier alpha value is -2.01. The summed E-state index contributed by atoms with van der Waals surface area (Å²) in [6.07, 6.45) is 6.77. The molecule has 1 aliphatic rings. The van der Waals surface area contributed by atoms with Gasteiger partial charge in [-0.1, -0.05) is 43.5 Å². The van der Waals surface area contributed by atoms with Crippen LogP contribution >= 0.6 is 11.8 Å². The summed E-state index contributed by atoms with van der Waals surface area (Å²) >= 11 is 2.03. The molecule has 0 heterocycles. The Morgan fingerprint density at radius 1 is 1.07 bits per heavy atom. The molecule has 1 N–H and O–H groups in total. The minimum absolute atomic E-state index is 0.140. The summed E-state index contributed by atoms with van der Waals surface area (Å²) in [5.41, 5.74) is 1.89. The fraction of sp³-hybridized carbons (Fsp3) is 0.409. The SMILES string of the molecule is O=C(NCCOc1ccccc1F)c1ccc(CSC2CCCCC2)cc1. The molecular formula is C22H26FNO2S. The van der Waals surface area contributed by atoms with E-state index >= 15 is 0 Å². The molecule has 0 aliphatic heterocycles. The molecule has 27 heavy (non-hydrogen) atoms. The van der Waals surface area contributed by atoms with Crippen LogP contribution in [-0.4, -0.2) is 24.3 Å². The van der Waals surface area contributed by atoms with Crippen molar-refractivity contribution in [3.63, 3.8) is 0 Å². The third-order valence-electron chi connectivity index (χ3n) is 4.74. The molecule has 0 atom stereocenters. The van der Waals surface area contributed by atoms with Crippen molar-refractivity contribution in [1.29, 1.82) is 0 Å². The average molecular weight is 388 g/mol. The van der Waals surface area contributed by atoms with E-state index in [0.29, 0.717) is 12.1 Å². The standard InChI is InChI=1S/C22H26FNO2S/c23-20-8-4-5-9-21(20)26-15-14-24-22(25)18-12-10-17(11-13-18)16-27-19-6-2-1-3-7-19/h4-5,8-13,19H,1-3,6-7,14-16H2,(H,24,25). The van der Waals surface area contributed by atoms with Crippen LogP contribution in [0.3, 0.4) is 0 Å². The number of thioether (sulfide) groups is 1. The van der Waals surface area contributed by atoms with E-state index in [1.807, 2.05) is 36.0 Å². The first-order valence-corrected chi connectivity index (χ1v) is 10.6. The molecule has 3 nitrogen and oxygen atoms in total. The van der Waals surface area contributed by atoms with Crippen LogP contribution in [0.15, 0.2) is 48.5 Å². The monoisotopic (exact) mass is 387 g/mol. The molecule has 144 valence electrons. The van der Waals surface area contributed by atoms with Crippen molar-refractivity contribution in [3.8, 4) is 5.75 Å². The summed E-state index contributed by atoms with van der Waals surface area (Å²) in [6.45, 7) is 0.551. The zero-order chi connectivity index (χ0) is 18.9. The molecule has 2 aromatic carbocycles. The van der Waals surface area contributed by atoms with Gasteiger partial charge in [-0.25, -0.2) is 4.39 Å². The minimum Gasteiger partial charge on any atom is -0.489 e. The Kier molecular flexibility index (Phi) is 7.57. The second kappa shape index (κ2) is 10.4. The highest BCUT2D eigenvalue weighted by atomic mass is 32.2. The number of hydrogen-bond donors (Lipinski definition) is 1. The maximum Gasteiger partial charge on any atom is 0.251 e. The Bertz CT molecular complexity index is 729. The predicted octanol–water partition coefficient (Wildman–Crippen LogP) is 5.20. The normalized spacial score (nSPS) is 14.7. The van der Waals surface area contributed by atoms with Crippen molar-refractivity contribution >= 4 is 17.7 Å². The maximum atomic E-state index is 13.4. The number of benzene rings is 2. The first-order chi connectivity index (χ1) is 13.2. The van der Waals surface area contributed by atoms with Gasteiger partial charge in [-0.05, 0) is 42.7 Å². The van der Waals surface area contributed by atoms with Crippen LogP contribution in [0.5, 0.6) is 5.75 Å². The zero-order valence-corrected chi connectivity index (χ0v) is 16.3. The van der Waals surface area contributed by atoms with Crippen LogP contribution in [0.1, 0.15) is 48.0 Å². The molecule has 0 saturated heterocycles. The number of ether oxygens (including phenoxy) is 1. The summed E-state index contributed by atoms with van der Waals surface area (Å²) in [5, 5.41) is 3.59. The molecule has 0 unspecified atom stereocenters. The van der Waals surface area contributed by atoms with Crippen molar-refractivity contribution in [2.75, 3.05) is 13.2 Å². The van der Waals surface area contributed by atoms with Gasteiger partial charge in [0.1, 0.15) is 6.61 Å². The predicted molar refractivity (Wildman–Crippen MR) is 109 cm³/mol. The Morgan fingerprint density at radius 2 is 1.81 bits per heavy atom. The van der Waals surface area contributed by atoms with Crippen LogP contribution in [-0.2, 0) is 5.75 Å². The topological polar surface area (TPSA) is 38.3 Å². The second-order valence-electron chi connectivity index (χ2n) is 6.80. The van der Waals surface area contributed by atoms with Gasteiger partial charge in [-0.3, -0.25) is 4.79 Å². The summed E-state index contributed by atoms with van der Waals surface area (Å²) in [5.74, 6) is 0.666. The van der Waals surface area contributed by atoms with E-state index in [2.05, 4.69) is 5.32 Å². The van der Waals surface area contributed by atoms with E-state index in [0.717, 1.165) is 11.0 Å². The van der Waals surface area contributed by atoms with Crippen molar-refractivity contribution in [3.05, 3.63) is 65.5 Å². The first kappa shape index (κ1) is 19.7. The van der Waals surface area contributed by atoms with Crippen molar-refractivity contribution in [2.24, 2.45) is 0 Å². The van der Waals surface area contributed by atoms with Crippen LogP contribution in [0.25, 0.3) is 0 Å². The lowest BCUT2D eigenvalue weighted by atomic mass is 10.0. The summed E-state index contributed by atoms with van der Waals surface area (Å²) in [4.78, 5) is 12.2. The van der Waals surface area contributed by atoms with Crippen LogP contribution in [0, 0.1) is 5.82 Å². The minimum atomic E-state index is -0.398. The molecule has 5 heteroatoms. The average Bonchev–Trinajstić information content (AvgIpc) is 2.72. The quantitative estimate of drug-likeness (QED) is 0.633. The fourth-order valence-electron chi connectivity index (χ4n) is 3.19. The van der Waals surface area contributed by atoms with E-state index < -0.39 is 5.82 Å². The first-order valence-electron chi connectivity index (χ1n) is 9.58. The fourth-order valence-corrected chi connectivity index (χ4v) is 4.47.